The van der Waals surface area contributed by atoms with Crippen molar-refractivity contribution in [3.8, 4) is 5.75 Å². The monoisotopic (exact) mass is 385 g/mol. The van der Waals surface area contributed by atoms with E-state index in [4.69, 9.17) is 4.74 Å². The highest BCUT2D eigenvalue weighted by molar-refractivity contribution is 7.16. The van der Waals surface area contributed by atoms with Crippen LogP contribution in [0.25, 0.3) is 10.2 Å². The van der Waals surface area contributed by atoms with Crippen LogP contribution in [0.1, 0.15) is 12.8 Å². The summed E-state index contributed by atoms with van der Waals surface area (Å²) in [6.45, 7) is 1.80. The molecule has 2 fully saturated rings. The lowest BCUT2D eigenvalue weighted by atomic mass is 9.78. The standard InChI is InChI=1S/C20H20FN3O2S/c21-14-1-3-15(4-2-14)26-18-8-13-10-24(9-12(13)7-17(18)25)19-16-5-6-27-20(16)23-11-22-19/h1-6,11-13,17-18,25H,7-10H2/t12-,13+,17+,18+/m0/s1. The topological polar surface area (TPSA) is 58.5 Å². The van der Waals surface area contributed by atoms with Gasteiger partial charge in [0.2, 0.25) is 0 Å². The van der Waals surface area contributed by atoms with Gasteiger partial charge < -0.3 is 14.7 Å². The molecule has 0 radical (unpaired) electrons. The van der Waals surface area contributed by atoms with Crippen LogP contribution in [0.15, 0.2) is 42.0 Å². The van der Waals surface area contributed by atoms with Crippen molar-refractivity contribution in [3.63, 3.8) is 0 Å². The summed E-state index contributed by atoms with van der Waals surface area (Å²) in [6.07, 6.45) is 2.36. The quantitative estimate of drug-likeness (QED) is 0.748. The minimum absolute atomic E-state index is 0.261. The first-order valence-corrected chi connectivity index (χ1v) is 10.1. The Morgan fingerprint density at radius 1 is 1.07 bits per heavy atom. The van der Waals surface area contributed by atoms with Gasteiger partial charge in [-0.2, -0.15) is 0 Å². The second kappa shape index (κ2) is 6.73. The zero-order valence-corrected chi connectivity index (χ0v) is 15.5. The molecular formula is C20H20FN3O2S. The fourth-order valence-corrected chi connectivity index (χ4v) is 5.13. The summed E-state index contributed by atoms with van der Waals surface area (Å²) in [5.74, 6) is 2.17. The van der Waals surface area contributed by atoms with Crippen LogP contribution in [0, 0.1) is 17.7 Å². The summed E-state index contributed by atoms with van der Waals surface area (Å²) in [5.41, 5.74) is 0. The molecule has 4 atom stereocenters. The van der Waals surface area contributed by atoms with E-state index in [1.54, 1.807) is 29.8 Å². The van der Waals surface area contributed by atoms with Gasteiger partial charge in [-0.15, -0.1) is 11.3 Å². The third-order valence-corrected chi connectivity index (χ3v) is 6.55. The molecule has 1 aliphatic heterocycles. The molecule has 5 rings (SSSR count). The van der Waals surface area contributed by atoms with Gasteiger partial charge in [-0.05, 0) is 60.4 Å². The molecule has 0 unspecified atom stereocenters. The Balaban J connectivity index is 1.32. The number of ether oxygens (including phenoxy) is 1. The molecule has 2 aliphatic rings. The van der Waals surface area contributed by atoms with Crippen LogP contribution >= 0.6 is 11.3 Å². The molecule has 0 amide bonds. The molecule has 3 heterocycles. The molecule has 1 N–H and O–H groups in total. The van der Waals surface area contributed by atoms with Gasteiger partial charge in [-0.1, -0.05) is 0 Å². The number of fused-ring (bicyclic) bond motifs is 2. The average molecular weight is 385 g/mol. The largest absolute Gasteiger partial charge is 0.488 e. The summed E-state index contributed by atoms with van der Waals surface area (Å²) < 4.78 is 19.1. The van der Waals surface area contributed by atoms with Gasteiger partial charge >= 0.3 is 0 Å². The molecule has 27 heavy (non-hydrogen) atoms. The van der Waals surface area contributed by atoms with Crippen molar-refractivity contribution < 1.29 is 14.2 Å². The Bertz CT molecular complexity index is 948. The number of hydrogen-bond donors (Lipinski definition) is 1. The molecule has 1 saturated carbocycles. The number of aliphatic hydroxyl groups excluding tert-OH is 1. The van der Waals surface area contributed by atoms with Crippen LogP contribution in [0.3, 0.4) is 0 Å². The minimum atomic E-state index is -0.511. The van der Waals surface area contributed by atoms with Gasteiger partial charge in [-0.3, -0.25) is 0 Å². The van der Waals surface area contributed by atoms with Crippen molar-refractivity contribution in [3.05, 3.63) is 47.9 Å². The molecule has 1 aromatic carbocycles. The second-order valence-electron chi connectivity index (χ2n) is 7.41. The second-order valence-corrected chi connectivity index (χ2v) is 8.31. The van der Waals surface area contributed by atoms with Crippen LogP contribution in [-0.4, -0.2) is 40.4 Å². The van der Waals surface area contributed by atoms with E-state index in [9.17, 15) is 9.50 Å². The summed E-state index contributed by atoms with van der Waals surface area (Å²) >= 11 is 1.62. The first-order chi connectivity index (χ1) is 13.2. The fraction of sp³-hybridized carbons (Fsp3) is 0.400. The molecule has 5 nitrogen and oxygen atoms in total. The minimum Gasteiger partial charge on any atom is -0.488 e. The van der Waals surface area contributed by atoms with Gasteiger partial charge in [0.15, 0.2) is 0 Å². The highest BCUT2D eigenvalue weighted by Crippen LogP contribution is 2.40. The Morgan fingerprint density at radius 3 is 2.67 bits per heavy atom. The molecule has 0 spiro atoms. The number of aromatic nitrogens is 2. The first-order valence-electron chi connectivity index (χ1n) is 9.21. The molecule has 7 heteroatoms. The number of anilines is 1. The maximum Gasteiger partial charge on any atom is 0.140 e. The summed E-state index contributed by atoms with van der Waals surface area (Å²) in [6, 6.07) is 8.07. The van der Waals surface area contributed by atoms with Crippen LogP contribution in [-0.2, 0) is 0 Å². The van der Waals surface area contributed by atoms with E-state index in [0.717, 1.165) is 35.5 Å². The summed E-state index contributed by atoms with van der Waals surface area (Å²) in [5, 5.41) is 13.7. The van der Waals surface area contributed by atoms with Crippen molar-refractivity contribution in [1.82, 2.24) is 9.97 Å². The lowest BCUT2D eigenvalue weighted by Gasteiger charge is -2.35. The van der Waals surface area contributed by atoms with Crippen LogP contribution in [0.4, 0.5) is 10.2 Å². The van der Waals surface area contributed by atoms with Crippen LogP contribution < -0.4 is 9.64 Å². The van der Waals surface area contributed by atoms with Crippen molar-refractivity contribution in [2.24, 2.45) is 11.8 Å². The van der Waals surface area contributed by atoms with Gasteiger partial charge in [0, 0.05) is 13.1 Å². The van der Waals surface area contributed by atoms with Crippen molar-refractivity contribution >= 4 is 27.4 Å². The number of thiophene rings is 1. The number of rotatable bonds is 3. The summed E-state index contributed by atoms with van der Waals surface area (Å²) in [7, 11) is 0. The van der Waals surface area contributed by atoms with E-state index in [-0.39, 0.29) is 11.9 Å². The maximum atomic E-state index is 13.1. The van der Waals surface area contributed by atoms with E-state index < -0.39 is 6.10 Å². The van der Waals surface area contributed by atoms with E-state index in [1.165, 1.54) is 12.1 Å². The Morgan fingerprint density at radius 2 is 1.85 bits per heavy atom. The molecule has 2 aromatic heterocycles. The zero-order chi connectivity index (χ0) is 18.4. The highest BCUT2D eigenvalue weighted by Gasteiger charge is 2.43. The maximum absolute atomic E-state index is 13.1. The predicted octanol–water partition coefficient (Wildman–Crippen LogP) is 3.49. The van der Waals surface area contributed by atoms with Crippen molar-refractivity contribution in [1.29, 1.82) is 0 Å². The highest BCUT2D eigenvalue weighted by atomic mass is 32.1. The lowest BCUT2D eigenvalue weighted by molar-refractivity contribution is -0.0231. The molecule has 0 bridgehead atoms. The van der Waals surface area contributed by atoms with Gasteiger partial charge in [-0.25, -0.2) is 14.4 Å². The number of aliphatic hydroxyl groups is 1. The van der Waals surface area contributed by atoms with Gasteiger partial charge in [0.05, 0.1) is 11.5 Å². The van der Waals surface area contributed by atoms with E-state index in [2.05, 4.69) is 20.9 Å². The Labute approximate surface area is 160 Å². The normalized spacial score (nSPS) is 27.7. The predicted molar refractivity (Wildman–Crippen MR) is 103 cm³/mol. The SMILES string of the molecule is O[C@@H]1C[C@H]2CN(c3ncnc4sccc34)C[C@H]2C[C@H]1Oc1ccc(F)cc1. The molecule has 1 aliphatic carbocycles. The Hall–Kier alpha value is -2.25. The third-order valence-electron chi connectivity index (χ3n) is 5.73. The van der Waals surface area contributed by atoms with Crippen LogP contribution in [0.2, 0.25) is 0 Å². The number of benzene rings is 1. The zero-order valence-electron chi connectivity index (χ0n) is 14.7. The number of halogens is 1. The summed E-state index contributed by atoms with van der Waals surface area (Å²) in [4.78, 5) is 12.2. The van der Waals surface area contributed by atoms with E-state index in [0.29, 0.717) is 24.0 Å². The lowest BCUT2D eigenvalue weighted by Crippen LogP contribution is -2.42. The number of nitrogens with zero attached hydrogens (tertiary/aromatic N) is 3. The fourth-order valence-electron chi connectivity index (χ4n) is 4.41. The molecular weight excluding hydrogens is 365 g/mol. The van der Waals surface area contributed by atoms with Gasteiger partial charge in [0.1, 0.15) is 34.6 Å². The smallest absolute Gasteiger partial charge is 0.140 e. The molecule has 3 aromatic rings. The van der Waals surface area contributed by atoms with Crippen molar-refractivity contribution in [2.75, 3.05) is 18.0 Å². The van der Waals surface area contributed by atoms with Crippen molar-refractivity contribution in [2.45, 2.75) is 25.0 Å². The van der Waals surface area contributed by atoms with E-state index >= 15 is 0 Å². The molecule has 1 saturated heterocycles. The van der Waals surface area contributed by atoms with E-state index in [1.807, 2.05) is 5.38 Å². The van der Waals surface area contributed by atoms with Gasteiger partial charge in [0.25, 0.3) is 0 Å². The first kappa shape index (κ1) is 16.9. The number of hydrogen-bond acceptors (Lipinski definition) is 6. The van der Waals surface area contributed by atoms with Crippen LogP contribution in [0.5, 0.6) is 5.75 Å². The third kappa shape index (κ3) is 3.15. The Kier molecular flexibility index (Phi) is 4.21. The average Bonchev–Trinajstić information content (AvgIpc) is 3.30. The molecule has 140 valence electrons.